The van der Waals surface area contributed by atoms with E-state index in [9.17, 15) is 4.79 Å². The average Bonchev–Trinajstić information content (AvgIpc) is 3.09. The lowest BCUT2D eigenvalue weighted by atomic mass is 10.2. The van der Waals surface area contributed by atoms with E-state index in [4.69, 9.17) is 10.3 Å². The average molecular weight is 316 g/mol. The second-order valence-corrected chi connectivity index (χ2v) is 5.26. The summed E-state index contributed by atoms with van der Waals surface area (Å²) in [5.74, 6) is 5.87. The summed E-state index contributed by atoms with van der Waals surface area (Å²) in [6.07, 6.45) is 4.69. The van der Waals surface area contributed by atoms with Crippen LogP contribution in [0.5, 0.6) is 0 Å². The molecule has 0 saturated carbocycles. The van der Waals surface area contributed by atoms with Gasteiger partial charge in [0.1, 0.15) is 5.76 Å². The van der Waals surface area contributed by atoms with E-state index in [0.717, 1.165) is 0 Å². The molecular weight excluding hydrogens is 300 g/mol. The van der Waals surface area contributed by atoms with E-state index in [0.29, 0.717) is 27.9 Å². The summed E-state index contributed by atoms with van der Waals surface area (Å²) >= 11 is 1.18. The second kappa shape index (κ2) is 7.46. The fraction of sp³-hybridized carbons (Fsp3) is 0.133. The number of pyridine rings is 1. The van der Waals surface area contributed by atoms with E-state index in [2.05, 4.69) is 16.7 Å². The summed E-state index contributed by atoms with van der Waals surface area (Å²) in [5.41, 5.74) is 0.516. The summed E-state index contributed by atoms with van der Waals surface area (Å²) in [6, 6.07) is 6.83. The van der Waals surface area contributed by atoms with Crippen molar-refractivity contribution in [3.05, 3.63) is 60.8 Å². The Morgan fingerprint density at radius 2 is 2.18 bits per heavy atom. The lowest BCUT2D eigenvalue weighted by Crippen LogP contribution is -2.35. The molecule has 0 saturated heterocycles. The fourth-order valence-corrected chi connectivity index (χ4v) is 2.58. The van der Waals surface area contributed by atoms with E-state index in [1.54, 1.807) is 42.9 Å². The van der Waals surface area contributed by atoms with Crippen LogP contribution in [0.1, 0.15) is 23.0 Å². The van der Waals surface area contributed by atoms with Crippen LogP contribution in [-0.2, 0) is 0 Å². The Kier molecular flexibility index (Phi) is 5.37. The molecule has 0 unspecified atom stereocenters. The van der Waals surface area contributed by atoms with Crippen LogP contribution in [0.3, 0.4) is 0 Å². The van der Waals surface area contributed by atoms with Crippen LogP contribution >= 0.6 is 11.8 Å². The summed E-state index contributed by atoms with van der Waals surface area (Å²) in [6.45, 7) is 6.19. The van der Waals surface area contributed by atoms with E-state index in [1.807, 2.05) is 6.92 Å². The summed E-state index contributed by atoms with van der Waals surface area (Å²) in [7, 11) is 0. The number of amidine groups is 1. The summed E-state index contributed by atoms with van der Waals surface area (Å²) in [5, 5.41) is 4.07. The Hall–Kier alpha value is -2.54. The Balaban J connectivity index is 2.17. The van der Waals surface area contributed by atoms with Gasteiger partial charge in [0, 0.05) is 24.5 Å². The van der Waals surface area contributed by atoms with Crippen molar-refractivity contribution in [3.63, 3.8) is 0 Å². The molecule has 0 aliphatic heterocycles. The van der Waals surface area contributed by atoms with Crippen LogP contribution in [-0.4, -0.2) is 27.5 Å². The number of carbonyl (C=O) groups is 1. The monoisotopic (exact) mass is 316 g/mol. The van der Waals surface area contributed by atoms with Crippen molar-refractivity contribution in [2.75, 3.05) is 6.54 Å². The lowest BCUT2D eigenvalue weighted by molar-refractivity contribution is 0.0855. The Labute approximate surface area is 132 Å². The molecule has 2 aromatic heterocycles. The molecule has 7 heteroatoms. The van der Waals surface area contributed by atoms with Gasteiger partial charge < -0.3 is 10.3 Å². The van der Waals surface area contributed by atoms with Gasteiger partial charge in [0.15, 0.2) is 5.17 Å². The molecular formula is C15H16N4O2S. The van der Waals surface area contributed by atoms with Gasteiger partial charge in [0.25, 0.3) is 5.91 Å². The predicted octanol–water partition coefficient (Wildman–Crippen LogP) is 2.77. The zero-order valence-electron chi connectivity index (χ0n) is 12.1. The maximum atomic E-state index is 12.5. The van der Waals surface area contributed by atoms with Crippen molar-refractivity contribution < 1.29 is 9.21 Å². The fourth-order valence-electron chi connectivity index (χ4n) is 1.76. The number of amides is 1. The van der Waals surface area contributed by atoms with Gasteiger partial charge >= 0.3 is 0 Å². The second-order valence-electron chi connectivity index (χ2n) is 4.20. The van der Waals surface area contributed by atoms with Gasteiger partial charge in [-0.05, 0) is 43.0 Å². The lowest BCUT2D eigenvalue weighted by Gasteiger charge is -2.21. The minimum Gasteiger partial charge on any atom is -0.464 e. The molecule has 0 fully saturated rings. The zero-order chi connectivity index (χ0) is 15.9. The molecule has 0 aromatic carbocycles. The first kappa shape index (κ1) is 15.8. The highest BCUT2D eigenvalue weighted by atomic mass is 32.2. The van der Waals surface area contributed by atoms with Gasteiger partial charge in [0.05, 0.1) is 11.2 Å². The third kappa shape index (κ3) is 3.56. The van der Waals surface area contributed by atoms with Gasteiger partial charge in [-0.3, -0.25) is 14.7 Å². The van der Waals surface area contributed by atoms with Crippen molar-refractivity contribution in [1.82, 2.24) is 9.88 Å². The summed E-state index contributed by atoms with van der Waals surface area (Å²) in [4.78, 5) is 18.5. The molecule has 22 heavy (non-hydrogen) atoms. The molecule has 0 spiro atoms. The van der Waals surface area contributed by atoms with E-state index in [-0.39, 0.29) is 5.91 Å². The molecule has 0 atom stereocenters. The van der Waals surface area contributed by atoms with Crippen LogP contribution in [0, 0.1) is 0 Å². The van der Waals surface area contributed by atoms with Crippen LogP contribution in [0.15, 0.2) is 59.0 Å². The van der Waals surface area contributed by atoms with Crippen molar-refractivity contribution >= 4 is 27.7 Å². The maximum Gasteiger partial charge on any atom is 0.259 e. The van der Waals surface area contributed by atoms with Gasteiger partial charge in [-0.1, -0.05) is 6.58 Å². The van der Waals surface area contributed by atoms with Gasteiger partial charge in [-0.25, -0.2) is 0 Å². The van der Waals surface area contributed by atoms with Crippen LogP contribution in [0.4, 0.5) is 0 Å². The number of furan rings is 1. The molecule has 0 aliphatic carbocycles. The highest BCUT2D eigenvalue weighted by Gasteiger charge is 2.21. The minimum absolute atomic E-state index is 0.200. The smallest absolute Gasteiger partial charge is 0.259 e. The quantitative estimate of drug-likeness (QED) is 0.406. The predicted molar refractivity (Wildman–Crippen MR) is 87.9 cm³/mol. The van der Waals surface area contributed by atoms with Crippen molar-refractivity contribution in [2.45, 2.75) is 6.92 Å². The maximum absolute atomic E-state index is 12.5. The molecule has 114 valence electrons. The Bertz CT molecular complexity index is 668. The number of nitrogens with two attached hydrogens (primary N) is 1. The number of rotatable bonds is 4. The van der Waals surface area contributed by atoms with E-state index >= 15 is 0 Å². The van der Waals surface area contributed by atoms with E-state index < -0.39 is 0 Å². The first-order chi connectivity index (χ1) is 10.7. The minimum atomic E-state index is -0.200. The number of thioether (sulfide) groups is 1. The molecule has 2 heterocycles. The highest BCUT2D eigenvalue weighted by molar-refractivity contribution is 8.21. The first-order valence-corrected chi connectivity index (χ1v) is 7.39. The number of carbonyl (C=O) groups excluding carboxylic acids is 1. The number of hydrogen-bond acceptors (Lipinski definition) is 6. The van der Waals surface area contributed by atoms with Gasteiger partial charge in [0.2, 0.25) is 0 Å². The number of aromatic nitrogens is 1. The normalized spacial score (nSPS) is 11.2. The highest BCUT2D eigenvalue weighted by Crippen LogP contribution is 2.28. The standard InChI is InChI=1S/C15H16N4O2S/c1-3-19(14(20)12-6-8-17-9-7-12)15(18-16)22-11(2)13-5-4-10-21-13/h4-10H,2-3,16H2,1H3/b18-15-. The number of hydrogen-bond donors (Lipinski definition) is 1. The molecule has 2 rings (SSSR count). The van der Waals surface area contributed by atoms with Crippen molar-refractivity contribution in [1.29, 1.82) is 0 Å². The molecule has 0 radical (unpaired) electrons. The molecule has 6 nitrogen and oxygen atoms in total. The molecule has 1 amide bonds. The SMILES string of the molecule is C=C(S/C(=N\N)N(CC)C(=O)c1ccncc1)c1ccco1. The largest absolute Gasteiger partial charge is 0.464 e. The Morgan fingerprint density at radius 1 is 1.45 bits per heavy atom. The molecule has 2 aromatic rings. The van der Waals surface area contributed by atoms with Crippen molar-refractivity contribution in [3.8, 4) is 0 Å². The number of hydrazone groups is 1. The summed E-state index contributed by atoms with van der Waals surface area (Å²) < 4.78 is 5.27. The number of nitrogens with zero attached hydrogens (tertiary/aromatic N) is 3. The third-order valence-corrected chi connectivity index (χ3v) is 3.80. The topological polar surface area (TPSA) is 84.7 Å². The van der Waals surface area contributed by atoms with Gasteiger partial charge in [-0.15, -0.1) is 0 Å². The van der Waals surface area contributed by atoms with Crippen LogP contribution in [0.2, 0.25) is 0 Å². The molecule has 0 bridgehead atoms. The van der Waals surface area contributed by atoms with E-state index in [1.165, 1.54) is 16.7 Å². The van der Waals surface area contributed by atoms with Gasteiger partial charge in [-0.2, -0.15) is 5.10 Å². The van der Waals surface area contributed by atoms with Crippen LogP contribution < -0.4 is 5.84 Å². The third-order valence-electron chi connectivity index (χ3n) is 2.84. The van der Waals surface area contributed by atoms with Crippen molar-refractivity contribution in [2.24, 2.45) is 10.9 Å². The van der Waals surface area contributed by atoms with Crippen LogP contribution in [0.25, 0.3) is 4.91 Å². The molecule has 2 N–H and O–H groups in total. The first-order valence-electron chi connectivity index (χ1n) is 6.57. The zero-order valence-corrected chi connectivity index (χ0v) is 12.9. The molecule has 0 aliphatic rings. The Morgan fingerprint density at radius 3 is 2.73 bits per heavy atom.